The molecule has 2 N–H and O–H groups in total. The number of aromatic nitrogens is 2. The number of hydrogen-bond acceptors (Lipinski definition) is 4. The summed E-state index contributed by atoms with van der Waals surface area (Å²) in [4.78, 5) is 8.91. The van der Waals surface area contributed by atoms with E-state index in [1.807, 2.05) is 38.1 Å². The molecule has 0 unspecified atom stereocenters. The van der Waals surface area contributed by atoms with E-state index in [2.05, 4.69) is 20.6 Å². The van der Waals surface area contributed by atoms with E-state index in [-0.39, 0.29) is 0 Å². The number of anilines is 3. The lowest BCUT2D eigenvalue weighted by atomic mass is 10.2. The van der Waals surface area contributed by atoms with Crippen LogP contribution in [-0.4, -0.2) is 16.0 Å². The number of hydrogen-bond donors (Lipinski definition) is 2. The van der Waals surface area contributed by atoms with E-state index in [1.54, 1.807) is 0 Å². The highest BCUT2D eigenvalue weighted by Crippen LogP contribution is 2.27. The molecule has 0 aliphatic heterocycles. The summed E-state index contributed by atoms with van der Waals surface area (Å²) in [7, 11) is 0. The first-order chi connectivity index (χ1) is 9.61. The van der Waals surface area contributed by atoms with Crippen LogP contribution in [0.5, 0.6) is 0 Å². The van der Waals surface area contributed by atoms with Crippen molar-refractivity contribution < 1.29 is 0 Å². The predicted octanol–water partition coefficient (Wildman–Crippen LogP) is 4.06. The quantitative estimate of drug-likeness (QED) is 0.890. The van der Waals surface area contributed by atoms with Crippen LogP contribution in [-0.2, 0) is 0 Å². The molecule has 4 nitrogen and oxygen atoms in total. The number of rotatable bonds is 4. The van der Waals surface area contributed by atoms with E-state index in [9.17, 15) is 0 Å². The Balaban J connectivity index is 1.85. The van der Waals surface area contributed by atoms with Crippen LogP contribution in [0.15, 0.2) is 24.3 Å². The monoisotopic (exact) mass is 288 g/mol. The van der Waals surface area contributed by atoms with Gasteiger partial charge in [0.25, 0.3) is 0 Å². The maximum Gasteiger partial charge on any atom is 0.225 e. The van der Waals surface area contributed by atoms with Crippen molar-refractivity contribution in [3.8, 4) is 0 Å². The van der Waals surface area contributed by atoms with Crippen LogP contribution in [0.3, 0.4) is 0 Å². The van der Waals surface area contributed by atoms with Gasteiger partial charge in [0.15, 0.2) is 0 Å². The van der Waals surface area contributed by atoms with E-state index >= 15 is 0 Å². The lowest BCUT2D eigenvalue weighted by Gasteiger charge is -2.12. The van der Waals surface area contributed by atoms with Gasteiger partial charge >= 0.3 is 0 Å². The van der Waals surface area contributed by atoms with E-state index in [0.29, 0.717) is 12.0 Å². The molecular weight excluding hydrogens is 272 g/mol. The summed E-state index contributed by atoms with van der Waals surface area (Å²) in [5, 5.41) is 7.38. The van der Waals surface area contributed by atoms with Crippen LogP contribution in [0, 0.1) is 13.8 Å². The topological polar surface area (TPSA) is 49.8 Å². The van der Waals surface area contributed by atoms with Crippen LogP contribution >= 0.6 is 11.6 Å². The normalized spacial score (nSPS) is 14.2. The molecule has 0 amide bonds. The van der Waals surface area contributed by atoms with Crippen molar-refractivity contribution in [2.45, 2.75) is 32.7 Å². The molecule has 0 atom stereocenters. The summed E-state index contributed by atoms with van der Waals surface area (Å²) in [5.41, 5.74) is 2.92. The first-order valence-corrected chi connectivity index (χ1v) is 7.14. The highest BCUT2D eigenvalue weighted by molar-refractivity contribution is 6.31. The lowest BCUT2D eigenvalue weighted by molar-refractivity contribution is 1.03. The zero-order valence-electron chi connectivity index (χ0n) is 11.6. The summed E-state index contributed by atoms with van der Waals surface area (Å²) < 4.78 is 0. The molecule has 5 heteroatoms. The Bertz CT molecular complexity index is 638. The average Bonchev–Trinajstić information content (AvgIpc) is 3.18. The Labute approximate surface area is 123 Å². The Morgan fingerprint density at radius 3 is 2.75 bits per heavy atom. The predicted molar refractivity (Wildman–Crippen MR) is 82.9 cm³/mol. The fourth-order valence-corrected chi connectivity index (χ4v) is 2.16. The maximum absolute atomic E-state index is 6.13. The molecule has 1 aliphatic rings. The van der Waals surface area contributed by atoms with Crippen molar-refractivity contribution in [1.29, 1.82) is 0 Å². The first kappa shape index (κ1) is 13.2. The summed E-state index contributed by atoms with van der Waals surface area (Å²) >= 11 is 6.13. The highest BCUT2D eigenvalue weighted by atomic mass is 35.5. The summed E-state index contributed by atoms with van der Waals surface area (Å²) in [6, 6.07) is 8.27. The van der Waals surface area contributed by atoms with Crippen molar-refractivity contribution in [3.05, 3.63) is 40.5 Å². The van der Waals surface area contributed by atoms with Crippen LogP contribution in [0.2, 0.25) is 5.02 Å². The molecule has 104 valence electrons. The van der Waals surface area contributed by atoms with Crippen LogP contribution in [0.25, 0.3) is 0 Å². The number of benzene rings is 1. The van der Waals surface area contributed by atoms with Gasteiger partial charge in [0.05, 0.1) is 0 Å². The second kappa shape index (κ2) is 5.29. The molecule has 2 aromatic rings. The van der Waals surface area contributed by atoms with Crippen molar-refractivity contribution in [1.82, 2.24) is 9.97 Å². The second-order valence-electron chi connectivity index (χ2n) is 5.17. The number of halogens is 1. The van der Waals surface area contributed by atoms with E-state index in [0.717, 1.165) is 27.8 Å². The minimum absolute atomic E-state index is 0.539. The van der Waals surface area contributed by atoms with Gasteiger partial charge in [-0.2, -0.15) is 4.98 Å². The van der Waals surface area contributed by atoms with Crippen molar-refractivity contribution in [3.63, 3.8) is 0 Å². The van der Waals surface area contributed by atoms with Gasteiger partial charge in [-0.05, 0) is 44.4 Å². The third-order valence-corrected chi connectivity index (χ3v) is 3.70. The minimum atomic E-state index is 0.539. The molecule has 1 aliphatic carbocycles. The number of nitrogens with one attached hydrogen (secondary N) is 2. The Kier molecular flexibility index (Phi) is 3.49. The number of nitrogens with zero attached hydrogens (tertiary/aromatic N) is 2. The third-order valence-electron chi connectivity index (χ3n) is 3.30. The van der Waals surface area contributed by atoms with Crippen molar-refractivity contribution in [2.24, 2.45) is 0 Å². The van der Waals surface area contributed by atoms with Gasteiger partial charge in [-0.3, -0.25) is 0 Å². The molecule has 0 radical (unpaired) electrons. The van der Waals surface area contributed by atoms with Crippen LogP contribution < -0.4 is 10.6 Å². The SMILES string of the molecule is Cc1cc(Nc2cccc(Cl)c2C)nc(NC2CC2)n1. The fraction of sp³-hybridized carbons (Fsp3) is 0.333. The third kappa shape index (κ3) is 3.02. The molecule has 1 saturated carbocycles. The Morgan fingerprint density at radius 1 is 1.20 bits per heavy atom. The Hall–Kier alpha value is -1.81. The summed E-state index contributed by atoms with van der Waals surface area (Å²) in [6.07, 6.45) is 2.40. The van der Waals surface area contributed by atoms with Crippen molar-refractivity contribution in [2.75, 3.05) is 10.6 Å². The van der Waals surface area contributed by atoms with Gasteiger partial charge in [-0.15, -0.1) is 0 Å². The second-order valence-corrected chi connectivity index (χ2v) is 5.58. The van der Waals surface area contributed by atoms with Gasteiger partial charge < -0.3 is 10.6 Å². The fourth-order valence-electron chi connectivity index (χ4n) is 1.99. The lowest BCUT2D eigenvalue weighted by Crippen LogP contribution is -2.08. The molecule has 0 saturated heterocycles. The van der Waals surface area contributed by atoms with Crippen LogP contribution in [0.1, 0.15) is 24.1 Å². The van der Waals surface area contributed by atoms with E-state index in [1.165, 1.54) is 12.8 Å². The van der Waals surface area contributed by atoms with Gasteiger partial charge in [0.2, 0.25) is 5.95 Å². The molecule has 20 heavy (non-hydrogen) atoms. The number of aryl methyl sites for hydroxylation is 1. The van der Waals surface area contributed by atoms with E-state index in [4.69, 9.17) is 11.6 Å². The van der Waals surface area contributed by atoms with Gasteiger partial charge in [-0.25, -0.2) is 4.98 Å². The molecule has 0 spiro atoms. The molecule has 1 heterocycles. The molecule has 1 aromatic carbocycles. The molecular formula is C15H17ClN4. The van der Waals surface area contributed by atoms with E-state index < -0.39 is 0 Å². The standard InChI is InChI=1S/C15H17ClN4/c1-9-8-14(20-15(17-9)18-11-6-7-11)19-13-5-3-4-12(16)10(13)2/h3-5,8,11H,6-7H2,1-2H3,(H2,17,18,19,20). The molecule has 3 rings (SSSR count). The minimum Gasteiger partial charge on any atom is -0.351 e. The maximum atomic E-state index is 6.13. The molecule has 0 bridgehead atoms. The summed E-state index contributed by atoms with van der Waals surface area (Å²) in [5.74, 6) is 1.47. The van der Waals surface area contributed by atoms with Gasteiger partial charge in [0, 0.05) is 28.5 Å². The average molecular weight is 289 g/mol. The Morgan fingerprint density at radius 2 is 2.00 bits per heavy atom. The highest BCUT2D eigenvalue weighted by Gasteiger charge is 2.22. The molecule has 1 aromatic heterocycles. The van der Waals surface area contributed by atoms with Crippen molar-refractivity contribution >= 4 is 29.1 Å². The van der Waals surface area contributed by atoms with Crippen LogP contribution in [0.4, 0.5) is 17.5 Å². The largest absolute Gasteiger partial charge is 0.351 e. The van der Waals surface area contributed by atoms with Gasteiger partial charge in [-0.1, -0.05) is 17.7 Å². The van der Waals surface area contributed by atoms with Gasteiger partial charge in [0.1, 0.15) is 5.82 Å². The zero-order chi connectivity index (χ0) is 14.1. The first-order valence-electron chi connectivity index (χ1n) is 6.76. The zero-order valence-corrected chi connectivity index (χ0v) is 12.3. The smallest absolute Gasteiger partial charge is 0.225 e. The molecule has 1 fully saturated rings. The summed E-state index contributed by atoms with van der Waals surface area (Å²) in [6.45, 7) is 3.96.